The van der Waals surface area contributed by atoms with E-state index < -0.39 is 0 Å². The number of nitrogens with one attached hydrogen (secondary N) is 1. The van der Waals surface area contributed by atoms with Gasteiger partial charge in [-0.15, -0.1) is 0 Å². The van der Waals surface area contributed by atoms with E-state index in [2.05, 4.69) is 50.1 Å². The average Bonchev–Trinajstić information content (AvgIpc) is 2.20. The second kappa shape index (κ2) is 6.19. The van der Waals surface area contributed by atoms with Crippen molar-refractivity contribution in [1.82, 2.24) is 5.32 Å². The molecule has 0 radical (unpaired) electrons. The third kappa shape index (κ3) is 3.60. The molecule has 0 unspecified atom stereocenters. The monoisotopic (exact) mass is 217 g/mol. The van der Waals surface area contributed by atoms with Crippen LogP contribution in [0.2, 0.25) is 0 Å². The van der Waals surface area contributed by atoms with Crippen LogP contribution in [0.1, 0.15) is 16.7 Å². The molecule has 0 heterocycles. The Morgan fingerprint density at radius 2 is 1.75 bits per heavy atom. The first-order chi connectivity index (χ1) is 7.65. The van der Waals surface area contributed by atoms with E-state index in [9.17, 15) is 0 Å². The first-order valence-corrected chi connectivity index (χ1v) is 5.46. The van der Waals surface area contributed by atoms with Crippen molar-refractivity contribution in [1.29, 1.82) is 0 Å². The zero-order valence-electron chi connectivity index (χ0n) is 10.5. The average molecular weight is 217 g/mol. The van der Waals surface area contributed by atoms with Crippen LogP contribution < -0.4 is 10.1 Å². The molecule has 0 amide bonds. The summed E-state index contributed by atoms with van der Waals surface area (Å²) in [6, 6.07) is 4.26. The molecule has 0 spiro atoms. The first-order valence-electron chi connectivity index (χ1n) is 5.46. The van der Waals surface area contributed by atoms with E-state index in [0.717, 1.165) is 5.75 Å². The van der Waals surface area contributed by atoms with Crippen LogP contribution in [-0.2, 0) is 0 Å². The van der Waals surface area contributed by atoms with Crippen LogP contribution in [0.15, 0.2) is 12.1 Å². The lowest BCUT2D eigenvalue weighted by atomic mass is 10.1. The van der Waals surface area contributed by atoms with Crippen molar-refractivity contribution in [2.24, 2.45) is 0 Å². The van der Waals surface area contributed by atoms with Gasteiger partial charge in [0.05, 0.1) is 6.54 Å². The zero-order chi connectivity index (χ0) is 12.0. The van der Waals surface area contributed by atoms with Gasteiger partial charge >= 0.3 is 0 Å². The number of hydrogen-bond acceptors (Lipinski definition) is 2. The summed E-state index contributed by atoms with van der Waals surface area (Å²) in [6.07, 6.45) is 0. The molecule has 1 N–H and O–H groups in total. The van der Waals surface area contributed by atoms with E-state index in [1.807, 2.05) is 7.05 Å². The quantitative estimate of drug-likeness (QED) is 0.784. The van der Waals surface area contributed by atoms with Crippen LogP contribution in [0.25, 0.3) is 0 Å². The molecule has 1 aromatic rings. The van der Waals surface area contributed by atoms with Crippen LogP contribution in [0.5, 0.6) is 5.75 Å². The first kappa shape index (κ1) is 12.6. The van der Waals surface area contributed by atoms with E-state index in [4.69, 9.17) is 4.74 Å². The maximum Gasteiger partial charge on any atom is 0.149 e. The van der Waals surface area contributed by atoms with Gasteiger partial charge in [-0.1, -0.05) is 29.5 Å². The van der Waals surface area contributed by atoms with Crippen LogP contribution >= 0.6 is 0 Å². The van der Waals surface area contributed by atoms with Gasteiger partial charge in [0.25, 0.3) is 0 Å². The smallest absolute Gasteiger partial charge is 0.149 e. The predicted molar refractivity (Wildman–Crippen MR) is 67.9 cm³/mol. The molecule has 0 aliphatic rings. The Bertz CT molecular complexity index is 389. The number of aryl methyl sites for hydroxylation is 3. The van der Waals surface area contributed by atoms with E-state index in [-0.39, 0.29) is 0 Å². The molecule has 0 aliphatic carbocycles. The number of ether oxygens (including phenoxy) is 1. The zero-order valence-corrected chi connectivity index (χ0v) is 10.5. The Kier molecular flexibility index (Phi) is 4.88. The van der Waals surface area contributed by atoms with E-state index >= 15 is 0 Å². The summed E-state index contributed by atoms with van der Waals surface area (Å²) >= 11 is 0. The van der Waals surface area contributed by atoms with E-state index in [0.29, 0.717) is 13.2 Å². The SMILES string of the molecule is CNCC#CCOc1c(C)cc(C)cc1C. The molecule has 0 fully saturated rings. The van der Waals surface area contributed by atoms with Crippen molar-refractivity contribution < 1.29 is 4.74 Å². The lowest BCUT2D eigenvalue weighted by Crippen LogP contribution is -2.05. The largest absolute Gasteiger partial charge is 0.480 e. The molecule has 0 saturated heterocycles. The highest BCUT2D eigenvalue weighted by Gasteiger charge is 2.03. The number of hydrogen-bond donors (Lipinski definition) is 1. The van der Waals surface area contributed by atoms with Gasteiger partial charge in [-0.3, -0.25) is 0 Å². The fraction of sp³-hybridized carbons (Fsp3) is 0.429. The maximum absolute atomic E-state index is 5.67. The fourth-order valence-electron chi connectivity index (χ4n) is 1.70. The van der Waals surface area contributed by atoms with Crippen LogP contribution in [0.3, 0.4) is 0 Å². The Labute approximate surface area is 98.0 Å². The van der Waals surface area contributed by atoms with E-state index in [1.165, 1.54) is 16.7 Å². The summed E-state index contributed by atoms with van der Waals surface area (Å²) in [5.41, 5.74) is 3.62. The van der Waals surface area contributed by atoms with E-state index in [1.54, 1.807) is 0 Å². The van der Waals surface area contributed by atoms with Gasteiger partial charge in [0.1, 0.15) is 12.4 Å². The minimum absolute atomic E-state index is 0.451. The Morgan fingerprint density at radius 1 is 1.12 bits per heavy atom. The Balaban J connectivity index is 2.65. The maximum atomic E-state index is 5.67. The third-order valence-electron chi connectivity index (χ3n) is 2.28. The highest BCUT2D eigenvalue weighted by Crippen LogP contribution is 2.24. The van der Waals surface area contributed by atoms with Gasteiger partial charge in [0, 0.05) is 0 Å². The van der Waals surface area contributed by atoms with Gasteiger partial charge in [-0.25, -0.2) is 0 Å². The van der Waals surface area contributed by atoms with Gasteiger partial charge in [0.15, 0.2) is 0 Å². The van der Waals surface area contributed by atoms with Gasteiger partial charge in [-0.2, -0.15) is 0 Å². The number of benzene rings is 1. The third-order valence-corrected chi connectivity index (χ3v) is 2.28. The Hall–Kier alpha value is -1.46. The molecule has 1 rings (SSSR count). The van der Waals surface area contributed by atoms with Crippen molar-refractivity contribution in [3.05, 3.63) is 28.8 Å². The minimum atomic E-state index is 0.451. The second-order valence-electron chi connectivity index (χ2n) is 3.90. The molecule has 0 aliphatic heterocycles. The lowest BCUT2D eigenvalue weighted by molar-refractivity contribution is 0.364. The molecule has 0 atom stereocenters. The van der Waals surface area contributed by atoms with Crippen LogP contribution in [0, 0.1) is 32.6 Å². The summed E-state index contributed by atoms with van der Waals surface area (Å²) in [7, 11) is 1.88. The summed E-state index contributed by atoms with van der Waals surface area (Å²) in [4.78, 5) is 0. The summed E-state index contributed by atoms with van der Waals surface area (Å²) in [5, 5.41) is 2.97. The molecule has 16 heavy (non-hydrogen) atoms. The molecule has 1 aromatic carbocycles. The van der Waals surface area contributed by atoms with Crippen LogP contribution in [-0.4, -0.2) is 20.2 Å². The summed E-state index contributed by atoms with van der Waals surface area (Å²) in [5.74, 6) is 6.90. The molecule has 0 bridgehead atoms. The molecule has 2 nitrogen and oxygen atoms in total. The normalized spacial score (nSPS) is 9.50. The highest BCUT2D eigenvalue weighted by atomic mass is 16.5. The van der Waals surface area contributed by atoms with Crippen molar-refractivity contribution in [3.8, 4) is 17.6 Å². The van der Waals surface area contributed by atoms with Crippen molar-refractivity contribution in [2.75, 3.05) is 20.2 Å². The number of rotatable bonds is 3. The topological polar surface area (TPSA) is 21.3 Å². The Morgan fingerprint density at radius 3 is 2.31 bits per heavy atom. The summed E-state index contributed by atoms with van der Waals surface area (Å²) in [6.45, 7) is 7.38. The fourth-order valence-corrected chi connectivity index (χ4v) is 1.70. The predicted octanol–water partition coefficient (Wildman–Crippen LogP) is 2.21. The second-order valence-corrected chi connectivity index (χ2v) is 3.90. The molecule has 2 heteroatoms. The lowest BCUT2D eigenvalue weighted by Gasteiger charge is -2.10. The highest BCUT2D eigenvalue weighted by molar-refractivity contribution is 5.43. The standard InChI is InChI=1S/C14H19NO/c1-11-9-12(2)14(13(3)10-11)16-8-6-5-7-15-4/h9-10,15H,7-8H2,1-4H3. The van der Waals surface area contributed by atoms with Crippen molar-refractivity contribution >= 4 is 0 Å². The molecular formula is C14H19NO. The minimum Gasteiger partial charge on any atom is -0.480 e. The van der Waals surface area contributed by atoms with Crippen molar-refractivity contribution in [2.45, 2.75) is 20.8 Å². The van der Waals surface area contributed by atoms with Crippen LogP contribution in [0.4, 0.5) is 0 Å². The molecule has 86 valence electrons. The molecule has 0 saturated carbocycles. The molecule has 0 aromatic heterocycles. The van der Waals surface area contributed by atoms with Gasteiger partial charge in [-0.05, 0) is 38.9 Å². The summed E-state index contributed by atoms with van der Waals surface area (Å²) < 4.78 is 5.67. The van der Waals surface area contributed by atoms with Crippen molar-refractivity contribution in [3.63, 3.8) is 0 Å². The van der Waals surface area contributed by atoms with Gasteiger partial charge < -0.3 is 10.1 Å². The van der Waals surface area contributed by atoms with Gasteiger partial charge in [0.2, 0.25) is 0 Å². The molecular weight excluding hydrogens is 198 g/mol.